The summed E-state index contributed by atoms with van der Waals surface area (Å²) < 4.78 is 18.5. The molecule has 0 radical (unpaired) electrons. The van der Waals surface area contributed by atoms with E-state index in [0.717, 1.165) is 19.5 Å². The molecule has 2 saturated heterocycles. The number of carbonyl (C=O) groups excluding carboxylic acids is 1. The molecular formula is C16H29FN2O2. The summed E-state index contributed by atoms with van der Waals surface area (Å²) in [7, 11) is 1.45. The maximum absolute atomic E-state index is 13.4. The number of alkyl halides is 1. The molecule has 4 nitrogen and oxygen atoms in total. The Morgan fingerprint density at radius 3 is 2.71 bits per heavy atom. The first kappa shape index (κ1) is 16.7. The zero-order valence-corrected chi connectivity index (χ0v) is 13.7. The summed E-state index contributed by atoms with van der Waals surface area (Å²) in [6.45, 7) is 9.95. The van der Waals surface area contributed by atoms with Crippen LogP contribution in [-0.4, -0.2) is 56.9 Å². The van der Waals surface area contributed by atoms with Gasteiger partial charge in [0.05, 0.1) is 12.5 Å². The summed E-state index contributed by atoms with van der Waals surface area (Å²) in [5.41, 5.74) is -0.407. The molecule has 122 valence electrons. The molecule has 0 bridgehead atoms. The van der Waals surface area contributed by atoms with Crippen LogP contribution in [0.5, 0.6) is 0 Å². The molecule has 2 aliphatic rings. The van der Waals surface area contributed by atoms with Crippen molar-refractivity contribution < 1.29 is 13.9 Å². The van der Waals surface area contributed by atoms with Crippen molar-refractivity contribution in [2.75, 3.05) is 39.8 Å². The van der Waals surface area contributed by atoms with E-state index in [1.807, 2.05) is 0 Å². The fourth-order valence-electron chi connectivity index (χ4n) is 3.63. The minimum atomic E-state index is -0.755. The Kier molecular flexibility index (Phi) is 4.93. The van der Waals surface area contributed by atoms with Crippen molar-refractivity contribution in [2.24, 2.45) is 16.7 Å². The lowest BCUT2D eigenvalue weighted by Gasteiger charge is -2.45. The van der Waals surface area contributed by atoms with E-state index in [4.69, 9.17) is 4.74 Å². The highest BCUT2D eigenvalue weighted by Crippen LogP contribution is 2.40. The summed E-state index contributed by atoms with van der Waals surface area (Å²) in [6.07, 6.45) is 0.631. The predicted octanol–water partition coefficient (Wildman–Crippen LogP) is 1.85. The summed E-state index contributed by atoms with van der Waals surface area (Å²) in [6, 6.07) is 0. The minimum absolute atomic E-state index is 0.139. The molecule has 3 atom stereocenters. The van der Waals surface area contributed by atoms with Gasteiger partial charge in [-0.25, -0.2) is 4.39 Å². The van der Waals surface area contributed by atoms with Gasteiger partial charge in [0.1, 0.15) is 6.17 Å². The second kappa shape index (κ2) is 6.21. The van der Waals surface area contributed by atoms with Gasteiger partial charge in [0, 0.05) is 26.2 Å². The van der Waals surface area contributed by atoms with E-state index < -0.39 is 11.6 Å². The molecule has 0 spiro atoms. The van der Waals surface area contributed by atoms with E-state index in [9.17, 15) is 9.18 Å². The van der Waals surface area contributed by atoms with Crippen LogP contribution in [0.25, 0.3) is 0 Å². The van der Waals surface area contributed by atoms with Crippen molar-refractivity contribution in [2.45, 2.75) is 39.8 Å². The highest BCUT2D eigenvalue weighted by Gasteiger charge is 2.48. The van der Waals surface area contributed by atoms with Gasteiger partial charge in [0.2, 0.25) is 0 Å². The fraction of sp³-hybridized carbons (Fsp3) is 0.938. The number of piperidine rings is 1. The number of ether oxygens (including phenoxy) is 1. The number of carbonyl (C=O) groups is 1. The van der Waals surface area contributed by atoms with Crippen molar-refractivity contribution in [3.63, 3.8) is 0 Å². The third-order valence-corrected chi connectivity index (χ3v) is 5.08. The standard InChI is InChI=1S/C16H29FN2O2/c1-15(2,3)12-7-16(10-18-8-12,14(20)21-4)11-19-6-5-13(17)9-19/h12-13,18H,5-11H2,1-4H3/t12-,13-,16-/m1/s1. The van der Waals surface area contributed by atoms with Crippen LogP contribution in [-0.2, 0) is 9.53 Å². The Morgan fingerprint density at radius 1 is 1.48 bits per heavy atom. The number of likely N-dealkylation sites (tertiary alicyclic amines) is 1. The van der Waals surface area contributed by atoms with Crippen LogP contribution < -0.4 is 5.32 Å². The average molecular weight is 300 g/mol. The van der Waals surface area contributed by atoms with Gasteiger partial charge in [-0.1, -0.05) is 20.8 Å². The van der Waals surface area contributed by atoms with Crippen LogP contribution in [0, 0.1) is 16.7 Å². The molecule has 2 aliphatic heterocycles. The number of nitrogens with zero attached hydrogens (tertiary/aromatic N) is 1. The summed E-state index contributed by atoms with van der Waals surface area (Å²) in [5.74, 6) is 0.250. The van der Waals surface area contributed by atoms with Gasteiger partial charge < -0.3 is 10.1 Å². The second-order valence-electron chi connectivity index (χ2n) is 7.79. The second-order valence-corrected chi connectivity index (χ2v) is 7.79. The van der Waals surface area contributed by atoms with E-state index >= 15 is 0 Å². The van der Waals surface area contributed by atoms with Gasteiger partial charge in [0.25, 0.3) is 0 Å². The van der Waals surface area contributed by atoms with Crippen molar-refractivity contribution in [3.05, 3.63) is 0 Å². The van der Waals surface area contributed by atoms with Gasteiger partial charge in [-0.15, -0.1) is 0 Å². The monoisotopic (exact) mass is 300 g/mol. The lowest BCUT2D eigenvalue weighted by molar-refractivity contribution is -0.157. The van der Waals surface area contributed by atoms with E-state index in [1.54, 1.807) is 0 Å². The maximum atomic E-state index is 13.4. The number of halogens is 1. The molecule has 0 saturated carbocycles. The minimum Gasteiger partial charge on any atom is -0.469 e. The molecule has 21 heavy (non-hydrogen) atoms. The Bertz CT molecular complexity index is 383. The first-order valence-electron chi connectivity index (χ1n) is 7.92. The molecule has 0 unspecified atom stereocenters. The number of methoxy groups -OCH3 is 1. The van der Waals surface area contributed by atoms with Crippen LogP contribution in [0.3, 0.4) is 0 Å². The van der Waals surface area contributed by atoms with E-state index in [1.165, 1.54) is 7.11 Å². The van der Waals surface area contributed by atoms with Gasteiger partial charge >= 0.3 is 5.97 Å². The molecule has 0 amide bonds. The first-order chi connectivity index (χ1) is 9.77. The molecule has 0 aromatic carbocycles. The Labute approximate surface area is 127 Å². The zero-order valence-electron chi connectivity index (χ0n) is 13.7. The average Bonchev–Trinajstić information content (AvgIpc) is 2.82. The normalized spacial score (nSPS) is 34.9. The van der Waals surface area contributed by atoms with Crippen molar-refractivity contribution >= 4 is 5.97 Å². The van der Waals surface area contributed by atoms with Gasteiger partial charge in [-0.05, 0) is 30.7 Å². The quantitative estimate of drug-likeness (QED) is 0.808. The fourth-order valence-corrected chi connectivity index (χ4v) is 3.63. The number of esters is 1. The Hall–Kier alpha value is -0.680. The Morgan fingerprint density at radius 2 is 2.19 bits per heavy atom. The maximum Gasteiger partial charge on any atom is 0.314 e. The van der Waals surface area contributed by atoms with Crippen molar-refractivity contribution in [1.29, 1.82) is 0 Å². The molecule has 5 heteroatoms. The number of hydrogen-bond acceptors (Lipinski definition) is 4. The number of rotatable bonds is 3. The van der Waals surface area contributed by atoms with Crippen LogP contribution in [0.2, 0.25) is 0 Å². The van der Waals surface area contributed by atoms with Crippen molar-refractivity contribution in [1.82, 2.24) is 10.2 Å². The topological polar surface area (TPSA) is 41.6 Å². The molecule has 0 aliphatic carbocycles. The highest BCUT2D eigenvalue weighted by molar-refractivity contribution is 5.77. The van der Waals surface area contributed by atoms with Gasteiger partial charge in [-0.2, -0.15) is 0 Å². The lowest BCUT2D eigenvalue weighted by Crippen LogP contribution is -2.56. The summed E-state index contributed by atoms with van der Waals surface area (Å²) in [4.78, 5) is 14.5. The molecule has 1 N–H and O–H groups in total. The van der Waals surface area contributed by atoms with E-state index in [-0.39, 0.29) is 11.4 Å². The van der Waals surface area contributed by atoms with E-state index in [2.05, 4.69) is 31.0 Å². The third-order valence-electron chi connectivity index (χ3n) is 5.08. The summed E-state index contributed by atoms with van der Waals surface area (Å²) in [5, 5.41) is 3.41. The zero-order chi connectivity index (χ0) is 15.7. The van der Waals surface area contributed by atoms with Crippen molar-refractivity contribution in [3.8, 4) is 0 Å². The molecule has 2 fully saturated rings. The predicted molar refractivity (Wildman–Crippen MR) is 80.8 cm³/mol. The lowest BCUT2D eigenvalue weighted by atomic mass is 9.67. The molecule has 2 rings (SSSR count). The van der Waals surface area contributed by atoms with Crippen LogP contribution >= 0.6 is 0 Å². The van der Waals surface area contributed by atoms with E-state index in [0.29, 0.717) is 32.0 Å². The summed E-state index contributed by atoms with van der Waals surface area (Å²) >= 11 is 0. The van der Waals surface area contributed by atoms with Crippen LogP contribution in [0.1, 0.15) is 33.6 Å². The van der Waals surface area contributed by atoms with Gasteiger partial charge in [0.15, 0.2) is 0 Å². The number of hydrogen-bond donors (Lipinski definition) is 1. The smallest absolute Gasteiger partial charge is 0.314 e. The molecule has 2 heterocycles. The van der Waals surface area contributed by atoms with Gasteiger partial charge in [-0.3, -0.25) is 9.69 Å². The third kappa shape index (κ3) is 3.75. The largest absolute Gasteiger partial charge is 0.469 e. The Balaban J connectivity index is 2.15. The molecule has 0 aromatic heterocycles. The molecular weight excluding hydrogens is 271 g/mol. The van der Waals surface area contributed by atoms with Crippen LogP contribution in [0.4, 0.5) is 4.39 Å². The van der Waals surface area contributed by atoms with Crippen LogP contribution in [0.15, 0.2) is 0 Å². The number of nitrogens with one attached hydrogen (secondary N) is 1. The first-order valence-corrected chi connectivity index (χ1v) is 7.92. The highest BCUT2D eigenvalue weighted by atomic mass is 19.1. The SMILES string of the molecule is COC(=O)[C@@]1(CN2CC[C@@H](F)C2)CNC[C@H](C(C)(C)C)C1. The molecule has 0 aromatic rings.